The minimum atomic E-state index is -0.350. The van der Waals surface area contributed by atoms with Gasteiger partial charge < -0.3 is 9.47 Å². The van der Waals surface area contributed by atoms with E-state index in [1.54, 1.807) is 13.0 Å². The first-order valence-corrected chi connectivity index (χ1v) is 16.9. The number of esters is 1. The van der Waals surface area contributed by atoms with E-state index in [0.717, 1.165) is 65.5 Å². The zero-order valence-corrected chi connectivity index (χ0v) is 29.1. The fourth-order valence-electron chi connectivity index (χ4n) is 5.76. The first-order valence-electron chi connectivity index (χ1n) is 16.9. The van der Waals surface area contributed by atoms with Crippen LogP contribution in [0, 0.1) is 0 Å². The van der Waals surface area contributed by atoms with E-state index >= 15 is 0 Å². The molecule has 0 aliphatic heterocycles. The van der Waals surface area contributed by atoms with Gasteiger partial charge in [-0.25, -0.2) is 4.79 Å². The van der Waals surface area contributed by atoms with Gasteiger partial charge in [-0.15, -0.1) is 0 Å². The van der Waals surface area contributed by atoms with Crippen molar-refractivity contribution in [1.82, 2.24) is 15.0 Å². The predicted molar refractivity (Wildman–Crippen MR) is 192 cm³/mol. The van der Waals surface area contributed by atoms with Gasteiger partial charge in [0.15, 0.2) is 0 Å². The molecule has 0 bridgehead atoms. The Balaban J connectivity index is 1.29. The number of benzene rings is 4. The third-order valence-corrected chi connectivity index (χ3v) is 8.60. The lowest BCUT2D eigenvalue weighted by Gasteiger charge is -2.19. The average Bonchev–Trinajstić information content (AvgIpc) is 3.47. The Bertz CT molecular complexity index is 1700. The number of aryl methyl sites for hydroxylation is 1. The number of fused-ring (bicyclic) bond motifs is 1. The van der Waals surface area contributed by atoms with Crippen LogP contribution >= 0.6 is 0 Å². The summed E-state index contributed by atoms with van der Waals surface area (Å²) < 4.78 is 11.1. The molecule has 0 aliphatic carbocycles. The smallest absolute Gasteiger partial charge is 0.341 e. The summed E-state index contributed by atoms with van der Waals surface area (Å²) in [6.07, 6.45) is 3.91. The molecule has 0 spiro atoms. The third kappa shape index (κ3) is 8.29. The van der Waals surface area contributed by atoms with E-state index in [9.17, 15) is 4.79 Å². The van der Waals surface area contributed by atoms with Crippen molar-refractivity contribution in [3.8, 4) is 28.0 Å². The Hall–Kier alpha value is -4.45. The summed E-state index contributed by atoms with van der Waals surface area (Å²) in [5, 5.41) is 10.1. The number of rotatable bonds is 12. The number of nitrogens with zero attached hydrogens (tertiary/aromatic N) is 3. The van der Waals surface area contributed by atoms with Crippen LogP contribution in [0.1, 0.15) is 95.6 Å². The zero-order chi connectivity index (χ0) is 33.6. The number of hydrogen-bond acceptors (Lipinski definition) is 5. The lowest BCUT2D eigenvalue weighted by atomic mass is 9.85. The molecule has 1 aromatic heterocycles. The van der Waals surface area contributed by atoms with Crippen LogP contribution in [-0.2, 0) is 22.1 Å². The average molecular weight is 632 g/mol. The number of unbranched alkanes of at least 4 members (excludes halogenated alkanes) is 3. The molecule has 246 valence electrons. The van der Waals surface area contributed by atoms with Gasteiger partial charge in [0, 0.05) is 11.1 Å². The van der Waals surface area contributed by atoms with Gasteiger partial charge in [-0.3, -0.25) is 0 Å². The van der Waals surface area contributed by atoms with Crippen LogP contribution < -0.4 is 4.74 Å². The van der Waals surface area contributed by atoms with Crippen molar-refractivity contribution in [2.24, 2.45) is 0 Å². The maximum Gasteiger partial charge on any atom is 0.341 e. The largest absolute Gasteiger partial charge is 0.493 e. The van der Waals surface area contributed by atoms with Gasteiger partial charge in [-0.1, -0.05) is 121 Å². The Morgan fingerprint density at radius 1 is 0.660 bits per heavy atom. The van der Waals surface area contributed by atoms with Gasteiger partial charge in [0.2, 0.25) is 0 Å². The molecule has 0 amide bonds. The first-order chi connectivity index (χ1) is 22.5. The Kier molecular flexibility index (Phi) is 10.5. The summed E-state index contributed by atoms with van der Waals surface area (Å²) >= 11 is 0. The highest BCUT2D eigenvalue weighted by atomic mass is 16.5. The monoisotopic (exact) mass is 631 g/mol. The first kappa shape index (κ1) is 33.9. The van der Waals surface area contributed by atoms with Crippen molar-refractivity contribution in [3.63, 3.8) is 0 Å². The molecular weight excluding hydrogens is 582 g/mol. The molecule has 0 radical (unpaired) electrons. The Morgan fingerprint density at radius 2 is 1.17 bits per heavy atom. The van der Waals surface area contributed by atoms with Crippen LogP contribution in [0.3, 0.4) is 0 Å². The number of hydrogen-bond donors (Lipinski definition) is 0. The van der Waals surface area contributed by atoms with E-state index in [4.69, 9.17) is 19.7 Å². The highest BCUT2D eigenvalue weighted by molar-refractivity contribution is 6.00. The van der Waals surface area contributed by atoms with Gasteiger partial charge in [0.1, 0.15) is 22.3 Å². The molecule has 0 unspecified atom stereocenters. The summed E-state index contributed by atoms with van der Waals surface area (Å²) in [5.74, 6) is 0.225. The van der Waals surface area contributed by atoms with Crippen molar-refractivity contribution < 1.29 is 14.3 Å². The molecule has 0 fully saturated rings. The summed E-state index contributed by atoms with van der Waals surface area (Å²) in [7, 11) is 0. The molecule has 5 aromatic rings. The van der Waals surface area contributed by atoms with E-state index < -0.39 is 0 Å². The molecule has 47 heavy (non-hydrogen) atoms. The number of ether oxygens (including phenoxy) is 2. The normalized spacial score (nSPS) is 12.0. The van der Waals surface area contributed by atoms with Crippen molar-refractivity contribution in [2.45, 2.75) is 91.5 Å². The molecule has 0 N–H and O–H groups in total. The second kappa shape index (κ2) is 14.5. The molecule has 0 atom stereocenters. The Morgan fingerprint density at radius 3 is 1.68 bits per heavy atom. The summed E-state index contributed by atoms with van der Waals surface area (Å²) in [5.41, 5.74) is 9.64. The second-order valence-electron chi connectivity index (χ2n) is 14.3. The fraction of sp³-hybridized carbons (Fsp3) is 0.390. The minimum Gasteiger partial charge on any atom is -0.493 e. The summed E-state index contributed by atoms with van der Waals surface area (Å²) in [6.45, 7) is 16.9. The van der Waals surface area contributed by atoms with Crippen LogP contribution in [0.25, 0.3) is 33.3 Å². The molecule has 5 rings (SSSR count). The Labute approximate surface area is 280 Å². The molecule has 1 heterocycles. The molecule has 0 saturated carbocycles. The van der Waals surface area contributed by atoms with E-state index in [1.807, 2.05) is 23.0 Å². The highest BCUT2D eigenvalue weighted by Gasteiger charge is 2.19. The van der Waals surface area contributed by atoms with Crippen LogP contribution in [0.15, 0.2) is 84.9 Å². The number of para-hydroxylation sites is 1. The lowest BCUT2D eigenvalue weighted by Crippen LogP contribution is -2.10. The number of aromatic nitrogens is 3. The van der Waals surface area contributed by atoms with Crippen molar-refractivity contribution in [1.29, 1.82) is 0 Å². The van der Waals surface area contributed by atoms with Crippen molar-refractivity contribution in [3.05, 3.63) is 102 Å². The van der Waals surface area contributed by atoms with E-state index in [2.05, 4.69) is 102 Å². The molecular formula is C41H49N3O3. The maximum atomic E-state index is 12.2. The fourth-order valence-corrected chi connectivity index (χ4v) is 5.76. The van der Waals surface area contributed by atoms with Crippen LogP contribution in [0.2, 0.25) is 0 Å². The van der Waals surface area contributed by atoms with E-state index in [-0.39, 0.29) is 16.8 Å². The quantitative estimate of drug-likeness (QED) is 0.101. The maximum absolute atomic E-state index is 12.2. The van der Waals surface area contributed by atoms with Crippen LogP contribution in [-0.4, -0.2) is 34.2 Å². The van der Waals surface area contributed by atoms with Gasteiger partial charge >= 0.3 is 5.97 Å². The molecule has 0 aliphatic rings. The summed E-state index contributed by atoms with van der Waals surface area (Å²) in [4.78, 5) is 14.1. The number of carbonyl (C=O) groups excluding carboxylic acids is 1. The third-order valence-electron chi connectivity index (χ3n) is 8.60. The van der Waals surface area contributed by atoms with Gasteiger partial charge in [-0.2, -0.15) is 15.0 Å². The highest BCUT2D eigenvalue weighted by Crippen LogP contribution is 2.36. The van der Waals surface area contributed by atoms with Gasteiger partial charge in [0.25, 0.3) is 0 Å². The van der Waals surface area contributed by atoms with Gasteiger partial charge in [-0.05, 0) is 71.4 Å². The summed E-state index contributed by atoms with van der Waals surface area (Å²) in [6, 6.07) is 29.4. The zero-order valence-electron chi connectivity index (χ0n) is 29.1. The van der Waals surface area contributed by atoms with E-state index in [0.29, 0.717) is 24.5 Å². The van der Waals surface area contributed by atoms with Crippen molar-refractivity contribution in [2.75, 3.05) is 13.2 Å². The second-order valence-corrected chi connectivity index (χ2v) is 14.3. The topological polar surface area (TPSA) is 66.2 Å². The molecule has 4 aromatic carbocycles. The standard InChI is InChI=1S/C41H49N3O3/c1-8-46-39(45)35-15-11-12-16-36(35)47-28-14-10-9-13-27-44-42-37-33(29-17-21-31(22-18-29)40(2,3)4)25-26-34(38(37)43-44)30-19-23-32(24-20-30)41(5,6)7/h11-12,15-26H,8-10,13-14,27-28H2,1-7H3. The number of carbonyl (C=O) groups is 1. The molecule has 6 heteroatoms. The molecule has 0 saturated heterocycles. The SMILES string of the molecule is CCOC(=O)c1ccccc1OCCCCCCn1nc2c(-c3ccc(C(C)(C)C)cc3)ccc(-c3ccc(C(C)(C)C)cc3)c2n1. The van der Waals surface area contributed by atoms with Crippen molar-refractivity contribution >= 4 is 17.0 Å². The minimum absolute atomic E-state index is 0.0965. The van der Waals surface area contributed by atoms with Crippen LogP contribution in [0.4, 0.5) is 0 Å². The van der Waals surface area contributed by atoms with Crippen LogP contribution in [0.5, 0.6) is 5.75 Å². The van der Waals surface area contributed by atoms with E-state index in [1.165, 1.54) is 11.1 Å². The predicted octanol–water partition coefficient (Wildman–Crippen LogP) is 10.2. The lowest BCUT2D eigenvalue weighted by molar-refractivity contribution is 0.0521. The molecule has 6 nitrogen and oxygen atoms in total. The van der Waals surface area contributed by atoms with Gasteiger partial charge in [0.05, 0.1) is 19.8 Å².